The lowest BCUT2D eigenvalue weighted by Gasteiger charge is -2.17. The van der Waals surface area contributed by atoms with E-state index in [0.717, 1.165) is 30.8 Å². The highest BCUT2D eigenvalue weighted by Gasteiger charge is 2.25. The van der Waals surface area contributed by atoms with E-state index in [0.29, 0.717) is 12.5 Å². The molecule has 1 fully saturated rings. The molecule has 1 unspecified atom stereocenters. The van der Waals surface area contributed by atoms with E-state index >= 15 is 0 Å². The Labute approximate surface area is 120 Å². The molecule has 1 amide bonds. The van der Waals surface area contributed by atoms with Crippen molar-refractivity contribution in [2.45, 2.75) is 18.9 Å². The van der Waals surface area contributed by atoms with Crippen LogP contribution in [-0.2, 0) is 11.2 Å². The van der Waals surface area contributed by atoms with E-state index in [4.69, 9.17) is 4.74 Å². The zero-order valence-corrected chi connectivity index (χ0v) is 12.2. The fourth-order valence-electron chi connectivity index (χ4n) is 2.35. The number of amides is 1. The predicted octanol–water partition coefficient (Wildman–Crippen LogP) is 1.48. The van der Waals surface area contributed by atoms with Crippen LogP contribution in [0.5, 0.6) is 5.75 Å². The monoisotopic (exact) mass is 284 g/mol. The lowest BCUT2D eigenvalue weighted by atomic mass is 10.1. The van der Waals surface area contributed by atoms with Gasteiger partial charge < -0.3 is 15.0 Å². The number of ether oxygens (including phenoxy) is 1. The van der Waals surface area contributed by atoms with Gasteiger partial charge >= 0.3 is 0 Å². The SMILES string of the molecule is CNC1CCN(C(=O)Cc2ccccc2OC)C1.Cl. The number of rotatable bonds is 4. The topological polar surface area (TPSA) is 41.6 Å². The van der Waals surface area contributed by atoms with Crippen molar-refractivity contribution >= 4 is 18.3 Å². The predicted molar refractivity (Wildman–Crippen MR) is 78.0 cm³/mol. The van der Waals surface area contributed by atoms with Gasteiger partial charge in [0.05, 0.1) is 13.5 Å². The molecule has 5 heteroatoms. The average molecular weight is 285 g/mol. The summed E-state index contributed by atoms with van der Waals surface area (Å²) in [4.78, 5) is 14.1. The third-order valence-electron chi connectivity index (χ3n) is 3.48. The standard InChI is InChI=1S/C14H20N2O2.ClH/c1-15-12-7-8-16(10-12)14(17)9-11-5-3-4-6-13(11)18-2;/h3-6,12,15H,7-10H2,1-2H3;1H. The van der Waals surface area contributed by atoms with Crippen LogP contribution in [0.25, 0.3) is 0 Å². The summed E-state index contributed by atoms with van der Waals surface area (Å²) in [6.45, 7) is 1.66. The molecule has 0 saturated carbocycles. The van der Waals surface area contributed by atoms with Crippen LogP contribution in [-0.4, -0.2) is 44.1 Å². The fourth-order valence-corrected chi connectivity index (χ4v) is 2.35. The number of carbonyl (C=O) groups excluding carboxylic acids is 1. The second kappa shape index (κ2) is 7.36. The van der Waals surface area contributed by atoms with Gasteiger partial charge in [-0.15, -0.1) is 12.4 Å². The van der Waals surface area contributed by atoms with Crippen LogP contribution in [0.2, 0.25) is 0 Å². The summed E-state index contributed by atoms with van der Waals surface area (Å²) in [6, 6.07) is 8.13. The Kier molecular flexibility index (Phi) is 6.12. The van der Waals surface area contributed by atoms with Crippen molar-refractivity contribution in [3.8, 4) is 5.75 Å². The number of carbonyl (C=O) groups is 1. The van der Waals surface area contributed by atoms with Crippen LogP contribution in [0, 0.1) is 0 Å². The minimum absolute atomic E-state index is 0. The molecule has 4 nitrogen and oxygen atoms in total. The first-order chi connectivity index (χ1) is 8.74. The van der Waals surface area contributed by atoms with Crippen LogP contribution in [0.15, 0.2) is 24.3 Å². The summed E-state index contributed by atoms with van der Waals surface area (Å²) in [7, 11) is 3.58. The highest BCUT2D eigenvalue weighted by atomic mass is 35.5. The van der Waals surface area contributed by atoms with Gasteiger partial charge in [0, 0.05) is 24.7 Å². The van der Waals surface area contributed by atoms with Crippen LogP contribution in [0.1, 0.15) is 12.0 Å². The lowest BCUT2D eigenvalue weighted by molar-refractivity contribution is -0.129. The molecule has 1 N–H and O–H groups in total. The van der Waals surface area contributed by atoms with E-state index in [9.17, 15) is 4.79 Å². The number of likely N-dealkylation sites (tertiary alicyclic amines) is 1. The third kappa shape index (κ3) is 3.85. The van der Waals surface area contributed by atoms with Gasteiger partial charge in [0.1, 0.15) is 5.75 Å². The van der Waals surface area contributed by atoms with Crippen molar-refractivity contribution in [2.24, 2.45) is 0 Å². The number of methoxy groups -OCH3 is 1. The summed E-state index contributed by atoms with van der Waals surface area (Å²) in [5.74, 6) is 0.965. The molecule has 1 aliphatic heterocycles. The van der Waals surface area contributed by atoms with Gasteiger partial charge in [-0.3, -0.25) is 4.79 Å². The minimum Gasteiger partial charge on any atom is -0.496 e. The number of halogens is 1. The van der Waals surface area contributed by atoms with Gasteiger partial charge in [0.2, 0.25) is 5.91 Å². The summed E-state index contributed by atoms with van der Waals surface area (Å²) >= 11 is 0. The van der Waals surface area contributed by atoms with E-state index in [2.05, 4.69) is 5.32 Å². The Morgan fingerprint density at radius 1 is 1.47 bits per heavy atom. The number of benzene rings is 1. The van der Waals surface area contributed by atoms with Crippen molar-refractivity contribution in [3.05, 3.63) is 29.8 Å². The molecule has 0 radical (unpaired) electrons. The van der Waals surface area contributed by atoms with E-state index in [-0.39, 0.29) is 18.3 Å². The molecule has 1 aromatic carbocycles. The number of likely N-dealkylation sites (N-methyl/N-ethyl adjacent to an activating group) is 1. The van der Waals surface area contributed by atoms with Gasteiger partial charge in [0.15, 0.2) is 0 Å². The van der Waals surface area contributed by atoms with Crippen LogP contribution in [0.3, 0.4) is 0 Å². The largest absolute Gasteiger partial charge is 0.496 e. The second-order valence-electron chi connectivity index (χ2n) is 4.60. The molecule has 1 aromatic rings. The summed E-state index contributed by atoms with van der Waals surface area (Å²) < 4.78 is 5.27. The van der Waals surface area contributed by atoms with E-state index in [1.165, 1.54) is 0 Å². The van der Waals surface area contributed by atoms with Crippen LogP contribution >= 0.6 is 12.4 Å². The van der Waals surface area contributed by atoms with Gasteiger partial charge in [0.25, 0.3) is 0 Å². The van der Waals surface area contributed by atoms with E-state index < -0.39 is 0 Å². The van der Waals surface area contributed by atoms with Gasteiger partial charge in [-0.25, -0.2) is 0 Å². The Bertz CT molecular complexity index is 426. The Hall–Kier alpha value is -1.26. The van der Waals surface area contributed by atoms with Crippen molar-refractivity contribution < 1.29 is 9.53 Å². The van der Waals surface area contributed by atoms with Crippen LogP contribution < -0.4 is 10.1 Å². The quantitative estimate of drug-likeness (QED) is 0.911. The van der Waals surface area contributed by atoms with Gasteiger partial charge in [-0.2, -0.15) is 0 Å². The van der Waals surface area contributed by atoms with Gasteiger partial charge in [-0.1, -0.05) is 18.2 Å². The Balaban J connectivity index is 0.00000180. The molecule has 1 saturated heterocycles. The summed E-state index contributed by atoms with van der Waals surface area (Å²) in [5.41, 5.74) is 0.956. The highest BCUT2D eigenvalue weighted by Crippen LogP contribution is 2.19. The van der Waals surface area contributed by atoms with Crippen molar-refractivity contribution in [2.75, 3.05) is 27.2 Å². The number of hydrogen-bond acceptors (Lipinski definition) is 3. The molecular formula is C14H21ClN2O2. The molecule has 1 atom stereocenters. The zero-order valence-electron chi connectivity index (χ0n) is 11.4. The number of hydrogen-bond donors (Lipinski definition) is 1. The maximum atomic E-state index is 12.2. The normalized spacial score (nSPS) is 18.0. The van der Waals surface area contributed by atoms with Gasteiger partial charge in [-0.05, 0) is 19.5 Å². The molecule has 1 aliphatic rings. The molecule has 0 aromatic heterocycles. The molecular weight excluding hydrogens is 264 g/mol. The molecule has 19 heavy (non-hydrogen) atoms. The summed E-state index contributed by atoms with van der Waals surface area (Å²) in [6.07, 6.45) is 1.45. The Morgan fingerprint density at radius 2 is 2.21 bits per heavy atom. The molecule has 0 spiro atoms. The first-order valence-electron chi connectivity index (χ1n) is 6.31. The van der Waals surface area contributed by atoms with Crippen LogP contribution in [0.4, 0.5) is 0 Å². The smallest absolute Gasteiger partial charge is 0.227 e. The van der Waals surface area contributed by atoms with E-state index in [1.54, 1.807) is 7.11 Å². The van der Waals surface area contributed by atoms with Crippen molar-refractivity contribution in [3.63, 3.8) is 0 Å². The number of nitrogens with zero attached hydrogens (tertiary/aromatic N) is 1. The maximum absolute atomic E-state index is 12.2. The zero-order chi connectivity index (χ0) is 13.0. The average Bonchev–Trinajstić information content (AvgIpc) is 2.88. The highest BCUT2D eigenvalue weighted by molar-refractivity contribution is 5.85. The molecule has 2 rings (SSSR count). The van der Waals surface area contributed by atoms with E-state index in [1.807, 2.05) is 36.2 Å². The number of para-hydroxylation sites is 1. The lowest BCUT2D eigenvalue weighted by Crippen LogP contribution is -2.34. The first-order valence-corrected chi connectivity index (χ1v) is 6.31. The first kappa shape index (κ1) is 15.8. The molecule has 0 aliphatic carbocycles. The van der Waals surface area contributed by atoms with Crippen molar-refractivity contribution in [1.29, 1.82) is 0 Å². The molecule has 0 bridgehead atoms. The minimum atomic E-state index is 0. The van der Waals surface area contributed by atoms with Crippen molar-refractivity contribution in [1.82, 2.24) is 10.2 Å². The fraction of sp³-hybridized carbons (Fsp3) is 0.500. The summed E-state index contributed by atoms with van der Waals surface area (Å²) in [5, 5.41) is 3.22. The number of nitrogens with one attached hydrogen (secondary N) is 1. The molecule has 1 heterocycles. The Morgan fingerprint density at radius 3 is 2.84 bits per heavy atom. The molecule has 106 valence electrons. The maximum Gasteiger partial charge on any atom is 0.227 e. The second-order valence-corrected chi connectivity index (χ2v) is 4.60. The third-order valence-corrected chi connectivity index (χ3v) is 3.48.